The Morgan fingerprint density at radius 3 is 1.67 bits per heavy atom. The lowest BCUT2D eigenvalue weighted by Gasteiger charge is -2.24. The Labute approximate surface area is 117 Å². The fourth-order valence-corrected chi connectivity index (χ4v) is 6.54. The molecule has 0 nitrogen and oxygen atoms in total. The molecule has 0 unspecified atom stereocenters. The molecule has 1 saturated carbocycles. The molecule has 0 aliphatic heterocycles. The van der Waals surface area contributed by atoms with Crippen molar-refractivity contribution < 1.29 is 0 Å². The first-order chi connectivity index (χ1) is 8.88. The molecular weight excluding hydrogens is 235 g/mol. The van der Waals surface area contributed by atoms with E-state index in [-0.39, 0.29) is 0 Å². The van der Waals surface area contributed by atoms with Crippen molar-refractivity contribution in [1.82, 2.24) is 0 Å². The van der Waals surface area contributed by atoms with E-state index in [9.17, 15) is 0 Å². The van der Waals surface area contributed by atoms with Gasteiger partial charge in [0.05, 0.1) is 0 Å². The SMILES string of the molecule is CCCCCCP(CCCCCC)C1CCCC1. The van der Waals surface area contributed by atoms with Crippen LogP contribution in [0.15, 0.2) is 0 Å². The Kier molecular flexibility index (Phi) is 10.3. The van der Waals surface area contributed by atoms with E-state index in [0.717, 1.165) is 0 Å². The summed E-state index contributed by atoms with van der Waals surface area (Å²) in [6, 6.07) is 0. The van der Waals surface area contributed by atoms with Crippen molar-refractivity contribution in [2.45, 2.75) is 96.6 Å². The molecule has 0 saturated heterocycles. The van der Waals surface area contributed by atoms with Crippen LogP contribution in [0.1, 0.15) is 90.9 Å². The van der Waals surface area contributed by atoms with Crippen molar-refractivity contribution >= 4 is 7.92 Å². The molecule has 1 heteroatoms. The van der Waals surface area contributed by atoms with E-state index < -0.39 is 0 Å². The lowest BCUT2D eigenvalue weighted by molar-refractivity contribution is 0.691. The highest BCUT2D eigenvalue weighted by Crippen LogP contribution is 2.50. The highest BCUT2D eigenvalue weighted by atomic mass is 31.1. The van der Waals surface area contributed by atoms with Crippen LogP contribution in [0.5, 0.6) is 0 Å². The number of hydrogen-bond donors (Lipinski definition) is 0. The second-order valence-corrected chi connectivity index (χ2v) is 8.90. The average Bonchev–Trinajstić information content (AvgIpc) is 2.91. The highest BCUT2D eigenvalue weighted by molar-refractivity contribution is 7.58. The molecule has 18 heavy (non-hydrogen) atoms. The zero-order valence-corrected chi connectivity index (χ0v) is 13.8. The van der Waals surface area contributed by atoms with Gasteiger partial charge in [-0.25, -0.2) is 0 Å². The minimum atomic E-state index is 0.405. The van der Waals surface area contributed by atoms with Gasteiger partial charge in [0.15, 0.2) is 0 Å². The first-order valence-electron chi connectivity index (χ1n) is 8.62. The summed E-state index contributed by atoms with van der Waals surface area (Å²) >= 11 is 0. The molecule has 0 atom stereocenters. The van der Waals surface area contributed by atoms with E-state index in [1.165, 1.54) is 69.9 Å². The Balaban J connectivity index is 2.18. The summed E-state index contributed by atoms with van der Waals surface area (Å²) in [7, 11) is 0.405. The predicted octanol–water partition coefficient (Wildman–Crippen LogP) is 6.57. The summed E-state index contributed by atoms with van der Waals surface area (Å²) in [5.41, 5.74) is 1.17. The van der Waals surface area contributed by atoms with Gasteiger partial charge in [-0.3, -0.25) is 0 Å². The molecule has 1 aliphatic carbocycles. The van der Waals surface area contributed by atoms with E-state index in [4.69, 9.17) is 0 Å². The maximum atomic E-state index is 2.32. The van der Waals surface area contributed by atoms with Gasteiger partial charge >= 0.3 is 0 Å². The van der Waals surface area contributed by atoms with Crippen LogP contribution in [0.2, 0.25) is 0 Å². The van der Waals surface area contributed by atoms with Gasteiger partial charge in [0, 0.05) is 0 Å². The third-order valence-electron chi connectivity index (χ3n) is 4.44. The van der Waals surface area contributed by atoms with Crippen LogP contribution in [-0.2, 0) is 0 Å². The van der Waals surface area contributed by atoms with Crippen molar-refractivity contribution in [2.75, 3.05) is 12.3 Å². The monoisotopic (exact) mass is 270 g/mol. The molecule has 0 bridgehead atoms. The summed E-state index contributed by atoms with van der Waals surface area (Å²) in [4.78, 5) is 0. The summed E-state index contributed by atoms with van der Waals surface area (Å²) in [6.07, 6.45) is 21.2. The molecule has 0 radical (unpaired) electrons. The largest absolute Gasteiger partial charge is 0.104 e. The first kappa shape index (κ1) is 16.5. The molecule has 1 fully saturated rings. The maximum absolute atomic E-state index is 2.32. The molecule has 108 valence electrons. The highest BCUT2D eigenvalue weighted by Gasteiger charge is 2.23. The number of hydrogen-bond acceptors (Lipinski definition) is 0. The topological polar surface area (TPSA) is 0 Å². The van der Waals surface area contributed by atoms with Crippen LogP contribution in [0.3, 0.4) is 0 Å². The minimum absolute atomic E-state index is 0.405. The second-order valence-electron chi connectivity index (χ2n) is 6.10. The quantitative estimate of drug-likeness (QED) is 0.294. The van der Waals surface area contributed by atoms with Crippen molar-refractivity contribution in [2.24, 2.45) is 0 Å². The van der Waals surface area contributed by atoms with Crippen molar-refractivity contribution in [1.29, 1.82) is 0 Å². The fraction of sp³-hybridized carbons (Fsp3) is 1.00. The van der Waals surface area contributed by atoms with Crippen molar-refractivity contribution in [3.05, 3.63) is 0 Å². The van der Waals surface area contributed by atoms with E-state index in [1.807, 2.05) is 0 Å². The molecule has 0 aromatic carbocycles. The molecule has 0 heterocycles. The Morgan fingerprint density at radius 1 is 0.722 bits per heavy atom. The lowest BCUT2D eigenvalue weighted by Crippen LogP contribution is -2.05. The molecule has 1 rings (SSSR count). The number of unbranched alkanes of at least 4 members (excludes halogenated alkanes) is 6. The smallest absolute Gasteiger partial charge is 0.0209 e. The van der Waals surface area contributed by atoms with E-state index >= 15 is 0 Å². The van der Waals surface area contributed by atoms with Crippen LogP contribution in [0, 0.1) is 0 Å². The van der Waals surface area contributed by atoms with Gasteiger partial charge in [0.2, 0.25) is 0 Å². The zero-order valence-electron chi connectivity index (χ0n) is 12.9. The van der Waals surface area contributed by atoms with Gasteiger partial charge in [-0.15, -0.1) is 7.92 Å². The summed E-state index contributed by atoms with van der Waals surface area (Å²) in [5.74, 6) is 0. The van der Waals surface area contributed by atoms with E-state index in [1.54, 1.807) is 25.2 Å². The van der Waals surface area contributed by atoms with Crippen LogP contribution < -0.4 is 0 Å². The van der Waals surface area contributed by atoms with Crippen LogP contribution in [0.4, 0.5) is 0 Å². The van der Waals surface area contributed by atoms with Gasteiger partial charge in [-0.2, -0.15) is 0 Å². The van der Waals surface area contributed by atoms with Crippen LogP contribution in [-0.4, -0.2) is 18.0 Å². The standard InChI is InChI=1S/C17H35P/c1-3-5-7-11-15-18(16-12-8-6-4-2)17-13-9-10-14-17/h17H,3-16H2,1-2H3. The molecule has 0 N–H and O–H groups in total. The Hall–Kier alpha value is 0.430. The normalized spacial score (nSPS) is 16.8. The fourth-order valence-electron chi connectivity index (χ4n) is 3.23. The Bertz CT molecular complexity index is 160. The average molecular weight is 270 g/mol. The summed E-state index contributed by atoms with van der Waals surface area (Å²) < 4.78 is 0. The maximum Gasteiger partial charge on any atom is -0.0209 e. The summed E-state index contributed by atoms with van der Waals surface area (Å²) in [6.45, 7) is 4.65. The zero-order chi connectivity index (χ0) is 13.1. The molecular formula is C17H35P. The predicted molar refractivity (Wildman–Crippen MR) is 87.2 cm³/mol. The van der Waals surface area contributed by atoms with Crippen LogP contribution in [0.25, 0.3) is 0 Å². The Morgan fingerprint density at radius 2 is 1.22 bits per heavy atom. The lowest BCUT2D eigenvalue weighted by atomic mass is 10.2. The minimum Gasteiger partial charge on any atom is -0.104 e. The molecule has 0 aromatic heterocycles. The van der Waals surface area contributed by atoms with Crippen molar-refractivity contribution in [3.8, 4) is 0 Å². The molecule has 0 aromatic rings. The van der Waals surface area contributed by atoms with Crippen LogP contribution >= 0.6 is 7.92 Å². The first-order valence-corrected chi connectivity index (χ1v) is 10.4. The third-order valence-corrected chi connectivity index (χ3v) is 7.77. The molecule has 1 aliphatic rings. The van der Waals surface area contributed by atoms with E-state index in [0.29, 0.717) is 7.92 Å². The van der Waals surface area contributed by atoms with Gasteiger partial charge in [0.25, 0.3) is 0 Å². The van der Waals surface area contributed by atoms with Gasteiger partial charge in [-0.1, -0.05) is 65.2 Å². The summed E-state index contributed by atoms with van der Waals surface area (Å²) in [5, 5.41) is 0. The molecule has 0 amide bonds. The third kappa shape index (κ3) is 7.13. The molecule has 0 spiro atoms. The van der Waals surface area contributed by atoms with Crippen molar-refractivity contribution in [3.63, 3.8) is 0 Å². The van der Waals surface area contributed by atoms with Gasteiger partial charge in [0.1, 0.15) is 0 Å². The van der Waals surface area contributed by atoms with Gasteiger partial charge in [-0.05, 0) is 43.7 Å². The van der Waals surface area contributed by atoms with Gasteiger partial charge < -0.3 is 0 Å². The number of rotatable bonds is 11. The second kappa shape index (κ2) is 11.3. The van der Waals surface area contributed by atoms with E-state index in [2.05, 4.69) is 13.8 Å².